The normalized spacial score (nSPS) is 13.2. The average molecular weight is 332 g/mol. The molecule has 0 aromatic heterocycles. The first-order valence-corrected chi connectivity index (χ1v) is 6.65. The molecule has 1 N–H and O–H groups in total. The molecule has 0 aliphatic rings. The van der Waals surface area contributed by atoms with Crippen molar-refractivity contribution in [3.05, 3.63) is 32.3 Å². The lowest BCUT2D eigenvalue weighted by molar-refractivity contribution is -0.385. The largest absolute Gasteiger partial charge is 0.489 e. The monoisotopic (exact) mass is 331 g/mol. The van der Waals surface area contributed by atoms with Crippen LogP contribution in [0.5, 0.6) is 5.75 Å². The number of nitro benzene ring substituents is 1. The van der Waals surface area contributed by atoms with Crippen LogP contribution in [0.2, 0.25) is 0 Å². The van der Waals surface area contributed by atoms with Crippen molar-refractivity contribution in [1.29, 1.82) is 0 Å². The number of aliphatic hydroxyl groups excluding tert-OH is 1. The number of hydrogen-bond donors (Lipinski definition) is 1. The Labute approximate surface area is 120 Å². The van der Waals surface area contributed by atoms with Gasteiger partial charge in [0.15, 0.2) is 0 Å². The number of benzene rings is 1. The van der Waals surface area contributed by atoms with Crippen molar-refractivity contribution in [3.63, 3.8) is 0 Å². The van der Waals surface area contributed by atoms with Gasteiger partial charge in [-0.3, -0.25) is 10.1 Å². The minimum Gasteiger partial charge on any atom is -0.489 e. The Balaban J connectivity index is 3.15. The van der Waals surface area contributed by atoms with Gasteiger partial charge in [0.25, 0.3) is 0 Å². The van der Waals surface area contributed by atoms with Gasteiger partial charge in [-0.2, -0.15) is 0 Å². The first-order valence-electron chi connectivity index (χ1n) is 5.85. The highest BCUT2D eigenvalue weighted by molar-refractivity contribution is 9.10. The minimum absolute atomic E-state index is 0.104. The third-order valence-corrected chi connectivity index (χ3v) is 3.50. The Morgan fingerprint density at radius 1 is 1.47 bits per heavy atom. The quantitative estimate of drug-likeness (QED) is 0.678. The van der Waals surface area contributed by atoms with Crippen LogP contribution in [0.1, 0.15) is 26.3 Å². The molecule has 0 fully saturated rings. The van der Waals surface area contributed by atoms with Gasteiger partial charge in [0.1, 0.15) is 0 Å². The average Bonchev–Trinajstić information content (AvgIpc) is 2.26. The number of methoxy groups -OCH3 is 1. The zero-order chi connectivity index (χ0) is 14.8. The fourth-order valence-electron chi connectivity index (χ4n) is 1.62. The zero-order valence-corrected chi connectivity index (χ0v) is 13.0. The molecule has 0 spiro atoms. The van der Waals surface area contributed by atoms with Crippen LogP contribution in [-0.2, 0) is 6.42 Å². The number of halogens is 1. The summed E-state index contributed by atoms with van der Waals surface area (Å²) < 4.78 is 5.53. The molecule has 1 unspecified atom stereocenters. The van der Waals surface area contributed by atoms with Gasteiger partial charge in [0.2, 0.25) is 5.75 Å². The number of ether oxygens (including phenoxy) is 1. The molecule has 0 aliphatic heterocycles. The number of nitrogens with zero attached hydrogens (tertiary/aromatic N) is 1. The van der Waals surface area contributed by atoms with E-state index in [1.165, 1.54) is 13.2 Å². The molecule has 1 atom stereocenters. The van der Waals surface area contributed by atoms with Gasteiger partial charge in [-0.1, -0.05) is 20.8 Å². The lowest BCUT2D eigenvalue weighted by Crippen LogP contribution is -2.28. The second-order valence-corrected chi connectivity index (χ2v) is 6.33. The molecule has 0 saturated heterocycles. The third-order valence-electron chi connectivity index (χ3n) is 2.91. The highest BCUT2D eigenvalue weighted by Gasteiger charge is 2.25. The second kappa shape index (κ2) is 5.88. The molecule has 106 valence electrons. The predicted octanol–water partition coefficient (Wildman–Crippen LogP) is 3.32. The van der Waals surface area contributed by atoms with Crippen molar-refractivity contribution in [2.24, 2.45) is 5.41 Å². The maximum atomic E-state index is 11.0. The molecular weight excluding hydrogens is 314 g/mol. The summed E-state index contributed by atoms with van der Waals surface area (Å²) in [5.41, 5.74) is 0.316. The molecule has 0 heterocycles. The topological polar surface area (TPSA) is 72.6 Å². The van der Waals surface area contributed by atoms with E-state index in [9.17, 15) is 15.2 Å². The molecule has 0 radical (unpaired) electrons. The van der Waals surface area contributed by atoms with Crippen molar-refractivity contribution in [2.75, 3.05) is 7.11 Å². The van der Waals surface area contributed by atoms with E-state index in [0.29, 0.717) is 16.5 Å². The molecule has 1 aromatic rings. The Morgan fingerprint density at radius 2 is 2.05 bits per heavy atom. The van der Waals surface area contributed by atoms with Crippen LogP contribution >= 0.6 is 15.9 Å². The molecule has 0 aliphatic carbocycles. The van der Waals surface area contributed by atoms with E-state index in [1.807, 2.05) is 20.8 Å². The molecule has 1 aromatic carbocycles. The van der Waals surface area contributed by atoms with E-state index in [2.05, 4.69) is 15.9 Å². The van der Waals surface area contributed by atoms with Crippen molar-refractivity contribution < 1.29 is 14.8 Å². The van der Waals surface area contributed by atoms with E-state index in [1.54, 1.807) is 6.07 Å². The van der Waals surface area contributed by atoms with Crippen LogP contribution in [0.25, 0.3) is 0 Å². The van der Waals surface area contributed by atoms with Crippen LogP contribution in [0, 0.1) is 15.5 Å². The van der Waals surface area contributed by atoms with Crippen molar-refractivity contribution in [2.45, 2.75) is 33.3 Å². The Kier molecular flexibility index (Phi) is 4.92. The van der Waals surface area contributed by atoms with Crippen LogP contribution in [-0.4, -0.2) is 23.2 Å². The Morgan fingerprint density at radius 3 is 2.47 bits per heavy atom. The number of aliphatic hydroxyl groups is 1. The third kappa shape index (κ3) is 3.91. The van der Waals surface area contributed by atoms with Gasteiger partial charge in [0.05, 0.1) is 22.6 Å². The van der Waals surface area contributed by atoms with Crippen LogP contribution in [0.3, 0.4) is 0 Å². The minimum atomic E-state index is -0.576. The fraction of sp³-hybridized carbons (Fsp3) is 0.538. The summed E-state index contributed by atoms with van der Waals surface area (Å²) in [5.74, 6) is 0.194. The number of rotatable bonds is 4. The van der Waals surface area contributed by atoms with Gasteiger partial charge in [-0.25, -0.2) is 0 Å². The first kappa shape index (κ1) is 15.9. The zero-order valence-electron chi connectivity index (χ0n) is 11.4. The highest BCUT2D eigenvalue weighted by atomic mass is 79.9. The van der Waals surface area contributed by atoms with E-state index >= 15 is 0 Å². The van der Waals surface area contributed by atoms with Gasteiger partial charge in [0, 0.05) is 6.07 Å². The highest BCUT2D eigenvalue weighted by Crippen LogP contribution is 2.37. The summed E-state index contributed by atoms with van der Waals surface area (Å²) in [4.78, 5) is 10.5. The molecule has 6 heteroatoms. The van der Waals surface area contributed by atoms with E-state index in [4.69, 9.17) is 4.74 Å². The van der Waals surface area contributed by atoms with Crippen LogP contribution in [0.4, 0.5) is 5.69 Å². The van der Waals surface area contributed by atoms with Crippen LogP contribution in [0.15, 0.2) is 16.6 Å². The van der Waals surface area contributed by atoms with E-state index in [0.717, 1.165) is 0 Å². The molecule has 0 bridgehead atoms. The first-order chi connectivity index (χ1) is 8.66. The molecule has 0 saturated carbocycles. The summed E-state index contributed by atoms with van der Waals surface area (Å²) in [5, 5.41) is 21.1. The lowest BCUT2D eigenvalue weighted by Gasteiger charge is -2.25. The van der Waals surface area contributed by atoms with Gasteiger partial charge < -0.3 is 9.84 Å². The van der Waals surface area contributed by atoms with Crippen molar-refractivity contribution in [1.82, 2.24) is 0 Å². The Hall–Kier alpha value is -1.14. The maximum Gasteiger partial charge on any atom is 0.312 e. The van der Waals surface area contributed by atoms with E-state index < -0.39 is 11.0 Å². The second-order valence-electron chi connectivity index (χ2n) is 5.47. The Bertz CT molecular complexity index is 482. The van der Waals surface area contributed by atoms with Gasteiger partial charge in [-0.05, 0) is 39.4 Å². The summed E-state index contributed by atoms with van der Waals surface area (Å²) in [6, 6.07) is 3.18. The summed E-state index contributed by atoms with van der Waals surface area (Å²) >= 11 is 3.26. The lowest BCUT2D eigenvalue weighted by atomic mass is 9.85. The van der Waals surface area contributed by atoms with Gasteiger partial charge >= 0.3 is 5.69 Å². The number of nitro groups is 1. The molecule has 0 amide bonds. The molecule has 19 heavy (non-hydrogen) atoms. The standard InChI is InChI=1S/C13H18BrNO4/c1-13(2,3)11(16)7-8-5-9(14)12(19-4)10(6-8)15(17)18/h5-6,11,16H,7H2,1-4H3. The van der Waals surface area contributed by atoms with Crippen molar-refractivity contribution >= 4 is 21.6 Å². The molecular formula is C13H18BrNO4. The fourth-order valence-corrected chi connectivity index (χ4v) is 2.28. The molecule has 5 nitrogen and oxygen atoms in total. The predicted molar refractivity (Wildman–Crippen MR) is 76.5 cm³/mol. The van der Waals surface area contributed by atoms with Gasteiger partial charge in [-0.15, -0.1) is 0 Å². The molecule has 1 rings (SSSR count). The SMILES string of the molecule is COc1c(Br)cc(CC(O)C(C)(C)C)cc1[N+](=O)[O-]. The smallest absolute Gasteiger partial charge is 0.312 e. The van der Waals surface area contributed by atoms with Crippen molar-refractivity contribution in [3.8, 4) is 5.75 Å². The summed E-state index contributed by atoms with van der Waals surface area (Å²) in [6.07, 6.45) is -0.222. The maximum absolute atomic E-state index is 11.0. The summed E-state index contributed by atoms with van der Waals surface area (Å²) in [6.45, 7) is 5.76. The summed E-state index contributed by atoms with van der Waals surface area (Å²) in [7, 11) is 1.39. The van der Waals surface area contributed by atoms with Crippen LogP contribution < -0.4 is 4.74 Å². The number of hydrogen-bond acceptors (Lipinski definition) is 4. The van der Waals surface area contributed by atoms with E-state index in [-0.39, 0.29) is 16.9 Å².